The smallest absolute Gasteiger partial charge is 0.257 e. The van der Waals surface area contributed by atoms with Gasteiger partial charge >= 0.3 is 0 Å². The maximum atomic E-state index is 7.60. The lowest BCUT2D eigenvalue weighted by molar-refractivity contribution is 0.332. The zero-order chi connectivity index (χ0) is 46.9. The van der Waals surface area contributed by atoms with Crippen molar-refractivity contribution in [2.45, 2.75) is 188 Å². The fourth-order valence-electron chi connectivity index (χ4n) is 12.1. The number of hydrogen-bond donors (Lipinski definition) is 0. The summed E-state index contributed by atoms with van der Waals surface area (Å²) >= 11 is 0. The number of benzene rings is 5. The number of furan rings is 1. The number of anilines is 6. The van der Waals surface area contributed by atoms with Crippen LogP contribution < -0.4 is 26.2 Å². The molecule has 3 nitrogen and oxygen atoms in total. The molecule has 0 saturated heterocycles. The van der Waals surface area contributed by atoms with Crippen LogP contribution in [0.5, 0.6) is 0 Å². The Bertz CT molecular complexity index is 2970. The van der Waals surface area contributed by atoms with Crippen LogP contribution in [0.25, 0.3) is 11.0 Å². The van der Waals surface area contributed by atoms with Gasteiger partial charge in [-0.3, -0.25) is 4.90 Å². The third kappa shape index (κ3) is 6.71. The number of hydrogen-bond acceptors (Lipinski definition) is 3. The second-order valence-electron chi connectivity index (χ2n) is 26.5. The highest BCUT2D eigenvalue weighted by Gasteiger charge is 2.49. The molecule has 5 aromatic carbocycles. The molecule has 6 aromatic rings. The Hall–Kier alpha value is -4.70. The molecular formula is C61H75BN2O. The lowest BCUT2D eigenvalue weighted by atomic mass is 9.33. The molecule has 0 bridgehead atoms. The van der Waals surface area contributed by atoms with Crippen molar-refractivity contribution in [1.82, 2.24) is 0 Å². The SMILES string of the molecule is Cc1cc(C(C)(C)C)ccc1N1c2ccc(C(C)(C)C)cc2B2c3c1cc(C(C)(C)C)cc3N(c1ccc3c(c1)C(C)(C)CCC3(C)C)c1oc3cc4c(cc3c12)C(C)(C)CCC4(C)C. The minimum Gasteiger partial charge on any atom is -0.440 e. The van der Waals surface area contributed by atoms with Gasteiger partial charge in [0.05, 0.1) is 0 Å². The van der Waals surface area contributed by atoms with Gasteiger partial charge in [0.15, 0.2) is 0 Å². The summed E-state index contributed by atoms with van der Waals surface area (Å²) in [4.78, 5) is 5.19. The van der Waals surface area contributed by atoms with Gasteiger partial charge in [-0.25, -0.2) is 0 Å². The first-order valence-corrected chi connectivity index (χ1v) is 24.8. The van der Waals surface area contributed by atoms with Crippen LogP contribution in [0.1, 0.15) is 188 Å². The minimum absolute atomic E-state index is 0.0380. The molecule has 2 aliphatic carbocycles. The average molecular weight is 863 g/mol. The highest BCUT2D eigenvalue weighted by molar-refractivity contribution is 7.01. The maximum Gasteiger partial charge on any atom is 0.257 e. The van der Waals surface area contributed by atoms with E-state index >= 15 is 0 Å². The number of fused-ring (bicyclic) bond motifs is 8. The molecule has 3 heterocycles. The van der Waals surface area contributed by atoms with Crippen molar-refractivity contribution in [3.05, 3.63) is 123 Å². The van der Waals surface area contributed by atoms with E-state index in [0.29, 0.717) is 0 Å². The molecule has 1 aromatic heterocycles. The highest BCUT2D eigenvalue weighted by Crippen LogP contribution is 2.53. The summed E-state index contributed by atoms with van der Waals surface area (Å²) in [5.74, 6) is 0.964. The van der Waals surface area contributed by atoms with Crippen molar-refractivity contribution in [2.24, 2.45) is 0 Å². The molecule has 0 saturated carbocycles. The first kappa shape index (κ1) is 44.2. The van der Waals surface area contributed by atoms with Crippen molar-refractivity contribution in [1.29, 1.82) is 0 Å². The van der Waals surface area contributed by atoms with Crippen molar-refractivity contribution in [3.8, 4) is 0 Å². The predicted octanol–water partition coefficient (Wildman–Crippen LogP) is 15.4. The standard InChI is InChI=1S/C61H75BN2O/c1-36-29-37(55(2,3)4)19-23-47(36)64-48-24-20-38(56(5,6)7)30-46(48)62-52-41-34-44-45(61(17,18)28-27-60(44,15)16)35-51(41)65-54(52)63(49-31-39(57(8,9)10)32-50(64)53(49)62)40-21-22-42-43(33-40)59(13,14)26-25-58(42,11)12/h19-24,29-35H,25-28H2,1-18H3. The van der Waals surface area contributed by atoms with Crippen LogP contribution in [-0.4, -0.2) is 6.71 Å². The fourth-order valence-corrected chi connectivity index (χ4v) is 12.1. The van der Waals surface area contributed by atoms with E-state index in [4.69, 9.17) is 4.42 Å². The van der Waals surface area contributed by atoms with Gasteiger partial charge in [-0.2, -0.15) is 0 Å². The van der Waals surface area contributed by atoms with Crippen molar-refractivity contribution >= 4 is 68.4 Å². The van der Waals surface area contributed by atoms with E-state index in [2.05, 4.69) is 213 Å². The van der Waals surface area contributed by atoms with Gasteiger partial charge in [0.25, 0.3) is 6.71 Å². The summed E-state index contributed by atoms with van der Waals surface area (Å²) in [7, 11) is 0. The quantitative estimate of drug-likeness (QED) is 0.161. The third-order valence-corrected chi connectivity index (χ3v) is 16.8. The average Bonchev–Trinajstić information content (AvgIpc) is 3.58. The monoisotopic (exact) mass is 863 g/mol. The molecule has 0 radical (unpaired) electrons. The first-order chi connectivity index (χ1) is 30.0. The molecular weight excluding hydrogens is 787 g/mol. The Kier molecular flexibility index (Phi) is 9.31. The van der Waals surface area contributed by atoms with Gasteiger partial charge in [-0.1, -0.05) is 148 Å². The summed E-state index contributed by atoms with van der Waals surface area (Å²) in [5, 5.41) is 1.25. The molecule has 0 fully saturated rings. The van der Waals surface area contributed by atoms with E-state index in [1.165, 1.54) is 101 Å². The lowest BCUT2D eigenvalue weighted by Gasteiger charge is -2.45. The van der Waals surface area contributed by atoms with Gasteiger partial charge in [0.2, 0.25) is 5.88 Å². The minimum atomic E-state index is -0.119. The molecule has 4 heteroatoms. The maximum absolute atomic E-state index is 7.60. The Morgan fingerprint density at radius 1 is 0.462 bits per heavy atom. The van der Waals surface area contributed by atoms with E-state index in [9.17, 15) is 0 Å². The van der Waals surface area contributed by atoms with Crippen molar-refractivity contribution in [2.75, 3.05) is 9.80 Å². The molecule has 0 amide bonds. The van der Waals surface area contributed by atoms with E-state index in [1.54, 1.807) is 0 Å². The van der Waals surface area contributed by atoms with Gasteiger partial charge in [-0.15, -0.1) is 0 Å². The second kappa shape index (κ2) is 13.7. The summed E-state index contributed by atoms with van der Waals surface area (Å²) in [6, 6.07) is 32.1. The van der Waals surface area contributed by atoms with Gasteiger partial charge in [0.1, 0.15) is 5.58 Å². The molecule has 0 spiro atoms. The molecule has 10 rings (SSSR count). The molecule has 2 aliphatic heterocycles. The molecule has 0 N–H and O–H groups in total. The van der Waals surface area contributed by atoms with E-state index < -0.39 is 0 Å². The van der Waals surface area contributed by atoms with E-state index in [0.717, 1.165) is 30.7 Å². The van der Waals surface area contributed by atoms with Crippen LogP contribution in [0.3, 0.4) is 0 Å². The van der Waals surface area contributed by atoms with Crippen LogP contribution in [0.2, 0.25) is 0 Å². The first-order valence-electron chi connectivity index (χ1n) is 24.8. The fraction of sp³-hybridized carbons (Fsp3) is 0.475. The Morgan fingerprint density at radius 3 is 1.51 bits per heavy atom. The second-order valence-corrected chi connectivity index (χ2v) is 26.5. The largest absolute Gasteiger partial charge is 0.440 e. The zero-order valence-electron chi connectivity index (χ0n) is 43.2. The molecule has 0 atom stereocenters. The summed E-state index contributed by atoms with van der Waals surface area (Å²) in [6.45, 7) is 43.0. The van der Waals surface area contributed by atoms with Crippen LogP contribution in [-0.2, 0) is 37.9 Å². The Morgan fingerprint density at radius 2 is 0.954 bits per heavy atom. The Labute approximate surface area is 392 Å². The normalized spacial score (nSPS) is 19.1. The van der Waals surface area contributed by atoms with Crippen LogP contribution >= 0.6 is 0 Å². The zero-order valence-corrected chi connectivity index (χ0v) is 43.2. The third-order valence-electron chi connectivity index (χ3n) is 16.8. The highest BCUT2D eigenvalue weighted by atomic mass is 16.4. The van der Waals surface area contributed by atoms with Gasteiger partial charge in [0, 0.05) is 39.3 Å². The molecule has 0 unspecified atom stereocenters. The Balaban J connectivity index is 1.37. The van der Waals surface area contributed by atoms with E-state index in [1.807, 2.05) is 0 Å². The van der Waals surface area contributed by atoms with Crippen LogP contribution in [0.15, 0.2) is 83.3 Å². The molecule has 338 valence electrons. The summed E-state index contributed by atoms with van der Waals surface area (Å²) in [6.07, 6.45) is 4.67. The lowest BCUT2D eigenvalue weighted by Crippen LogP contribution is -2.61. The summed E-state index contributed by atoms with van der Waals surface area (Å²) < 4.78 is 7.60. The summed E-state index contributed by atoms with van der Waals surface area (Å²) in [5.41, 5.74) is 22.5. The van der Waals surface area contributed by atoms with Gasteiger partial charge in [-0.05, 0) is 174 Å². The molecule has 65 heavy (non-hydrogen) atoms. The topological polar surface area (TPSA) is 19.6 Å². The molecule has 4 aliphatic rings. The van der Waals surface area contributed by atoms with Crippen molar-refractivity contribution in [3.63, 3.8) is 0 Å². The number of rotatable bonds is 2. The van der Waals surface area contributed by atoms with Gasteiger partial charge < -0.3 is 9.32 Å². The van der Waals surface area contributed by atoms with E-state index in [-0.39, 0.29) is 44.6 Å². The predicted molar refractivity (Wildman–Crippen MR) is 282 cm³/mol. The van der Waals surface area contributed by atoms with Crippen molar-refractivity contribution < 1.29 is 4.42 Å². The van der Waals surface area contributed by atoms with Crippen LogP contribution in [0, 0.1) is 6.92 Å². The number of aryl methyl sites for hydroxylation is 1. The van der Waals surface area contributed by atoms with Crippen LogP contribution in [0.4, 0.5) is 34.3 Å². The number of nitrogens with zero attached hydrogens (tertiary/aromatic N) is 2.